The highest BCUT2D eigenvalue weighted by atomic mass is 79.9. The molecule has 2 nitrogen and oxygen atoms in total. The molecule has 4 rings (SSSR count). The Kier molecular flexibility index (Phi) is 6.09. The van der Waals surface area contributed by atoms with Crippen molar-refractivity contribution >= 4 is 54.8 Å². The predicted molar refractivity (Wildman–Crippen MR) is 125 cm³/mol. The summed E-state index contributed by atoms with van der Waals surface area (Å²) in [6.45, 7) is 0. The van der Waals surface area contributed by atoms with Crippen molar-refractivity contribution < 1.29 is 14.0 Å². The molecular formula is C24H13Br2FO2S. The largest absolute Gasteiger partial charge is 0.288 e. The van der Waals surface area contributed by atoms with E-state index in [1.54, 1.807) is 66.7 Å². The van der Waals surface area contributed by atoms with Crippen molar-refractivity contribution in [2.45, 2.75) is 0 Å². The number of hydrogen-bond donors (Lipinski definition) is 0. The molecule has 1 aromatic heterocycles. The molecule has 0 bridgehead atoms. The fourth-order valence-electron chi connectivity index (χ4n) is 2.99. The van der Waals surface area contributed by atoms with E-state index < -0.39 is 0 Å². The lowest BCUT2D eigenvalue weighted by Gasteiger charge is -2.04. The third-order valence-corrected chi connectivity index (χ3v) is 6.72. The smallest absolute Gasteiger partial charge is 0.203 e. The highest BCUT2D eigenvalue weighted by Crippen LogP contribution is 2.35. The zero-order valence-corrected chi connectivity index (χ0v) is 19.4. The van der Waals surface area contributed by atoms with Crippen molar-refractivity contribution in [3.8, 4) is 11.1 Å². The Morgan fingerprint density at radius 2 is 1.20 bits per heavy atom. The van der Waals surface area contributed by atoms with Crippen LogP contribution in [0.4, 0.5) is 4.39 Å². The van der Waals surface area contributed by atoms with Crippen molar-refractivity contribution in [3.05, 3.63) is 115 Å². The number of hydrogen-bond acceptors (Lipinski definition) is 3. The first-order valence-electron chi connectivity index (χ1n) is 8.92. The van der Waals surface area contributed by atoms with Gasteiger partial charge in [0.05, 0.1) is 9.75 Å². The number of rotatable bonds is 5. The molecule has 0 saturated heterocycles. The van der Waals surface area contributed by atoms with E-state index in [4.69, 9.17) is 0 Å². The molecule has 6 heteroatoms. The van der Waals surface area contributed by atoms with Gasteiger partial charge in [-0.2, -0.15) is 0 Å². The molecule has 0 aliphatic carbocycles. The highest BCUT2D eigenvalue weighted by molar-refractivity contribution is 9.10. The van der Waals surface area contributed by atoms with Gasteiger partial charge in [-0.25, -0.2) is 4.39 Å². The fourth-order valence-corrected chi connectivity index (χ4v) is 4.62. The average Bonchev–Trinajstić information content (AvgIpc) is 3.20. The Morgan fingerprint density at radius 3 is 1.73 bits per heavy atom. The van der Waals surface area contributed by atoms with Crippen molar-refractivity contribution in [3.63, 3.8) is 0 Å². The lowest BCUT2D eigenvalue weighted by molar-refractivity contribution is 0.103. The van der Waals surface area contributed by atoms with Crippen LogP contribution in [0.1, 0.15) is 30.5 Å². The molecule has 1 heterocycles. The molecule has 0 unspecified atom stereocenters. The van der Waals surface area contributed by atoms with E-state index >= 15 is 0 Å². The molecule has 0 aliphatic rings. The van der Waals surface area contributed by atoms with Crippen LogP contribution in [0, 0.1) is 5.82 Å². The van der Waals surface area contributed by atoms with Crippen LogP contribution >= 0.6 is 43.2 Å². The van der Waals surface area contributed by atoms with Crippen molar-refractivity contribution in [1.82, 2.24) is 0 Å². The van der Waals surface area contributed by atoms with Gasteiger partial charge in [0.25, 0.3) is 0 Å². The highest BCUT2D eigenvalue weighted by Gasteiger charge is 2.22. The summed E-state index contributed by atoms with van der Waals surface area (Å²) in [4.78, 5) is 27.2. The third-order valence-electron chi connectivity index (χ3n) is 4.53. The molecule has 0 fully saturated rings. The van der Waals surface area contributed by atoms with Gasteiger partial charge in [-0.3, -0.25) is 9.59 Å². The van der Waals surface area contributed by atoms with Crippen LogP contribution < -0.4 is 0 Å². The summed E-state index contributed by atoms with van der Waals surface area (Å²) in [5, 5.41) is 0. The SMILES string of the molecule is O=C(c1ccc(Br)cc1)c1cc(-c2ccc(F)cc2)c(C(=O)c2ccc(Br)cc2)s1. The maximum absolute atomic E-state index is 13.4. The number of benzene rings is 3. The van der Waals surface area contributed by atoms with Gasteiger partial charge in [0, 0.05) is 25.6 Å². The first-order valence-corrected chi connectivity index (χ1v) is 11.3. The van der Waals surface area contributed by atoms with Crippen LogP contribution in [0.3, 0.4) is 0 Å². The number of ketones is 2. The van der Waals surface area contributed by atoms with E-state index in [1.165, 1.54) is 12.1 Å². The van der Waals surface area contributed by atoms with Crippen LogP contribution in [0.25, 0.3) is 11.1 Å². The van der Waals surface area contributed by atoms with E-state index in [2.05, 4.69) is 31.9 Å². The Bertz CT molecular complexity index is 1230. The summed E-state index contributed by atoms with van der Waals surface area (Å²) >= 11 is 7.89. The van der Waals surface area contributed by atoms with E-state index in [-0.39, 0.29) is 17.4 Å². The molecule has 0 amide bonds. The minimum absolute atomic E-state index is 0.161. The van der Waals surface area contributed by atoms with E-state index in [0.717, 1.165) is 20.3 Å². The second-order valence-corrected chi connectivity index (χ2v) is 9.42. The average molecular weight is 544 g/mol. The maximum Gasteiger partial charge on any atom is 0.203 e. The van der Waals surface area contributed by atoms with Gasteiger partial charge < -0.3 is 0 Å². The molecule has 0 N–H and O–H groups in total. The summed E-state index contributed by atoms with van der Waals surface area (Å²) in [6.07, 6.45) is 0. The van der Waals surface area contributed by atoms with Crippen LogP contribution in [0.15, 0.2) is 87.8 Å². The fraction of sp³-hybridized carbons (Fsp3) is 0. The van der Waals surface area contributed by atoms with E-state index in [0.29, 0.717) is 32.0 Å². The lowest BCUT2D eigenvalue weighted by Crippen LogP contribution is -2.00. The standard InChI is InChI=1S/C24H13Br2FO2S/c25-17-7-1-15(2-8-17)22(28)21-13-20(14-5-11-19(27)12-6-14)24(30-21)23(29)16-3-9-18(26)10-4-16/h1-13H. The van der Waals surface area contributed by atoms with Crippen LogP contribution in [-0.2, 0) is 0 Å². The third kappa shape index (κ3) is 4.36. The van der Waals surface area contributed by atoms with Crippen molar-refractivity contribution in [2.75, 3.05) is 0 Å². The first-order chi connectivity index (χ1) is 14.4. The molecule has 30 heavy (non-hydrogen) atoms. The maximum atomic E-state index is 13.4. The molecule has 4 aromatic rings. The Balaban J connectivity index is 1.81. The van der Waals surface area contributed by atoms with Gasteiger partial charge in [-0.1, -0.05) is 44.0 Å². The van der Waals surface area contributed by atoms with Gasteiger partial charge in [-0.15, -0.1) is 11.3 Å². The van der Waals surface area contributed by atoms with Crippen LogP contribution in [0.2, 0.25) is 0 Å². The topological polar surface area (TPSA) is 34.1 Å². The Morgan fingerprint density at radius 1 is 0.700 bits per heavy atom. The minimum Gasteiger partial charge on any atom is -0.288 e. The summed E-state index contributed by atoms with van der Waals surface area (Å²) in [7, 11) is 0. The number of carbonyl (C=O) groups excluding carboxylic acids is 2. The number of halogens is 3. The molecule has 0 radical (unpaired) electrons. The van der Waals surface area contributed by atoms with Gasteiger partial charge >= 0.3 is 0 Å². The number of thiophene rings is 1. The second-order valence-electron chi connectivity index (χ2n) is 6.53. The predicted octanol–water partition coefficient (Wildman–Crippen LogP) is 7.54. The van der Waals surface area contributed by atoms with Gasteiger partial charge in [0.15, 0.2) is 0 Å². The lowest BCUT2D eigenvalue weighted by atomic mass is 10.0. The molecule has 0 spiro atoms. The van der Waals surface area contributed by atoms with Gasteiger partial charge in [0.2, 0.25) is 11.6 Å². The monoisotopic (exact) mass is 542 g/mol. The molecule has 0 atom stereocenters. The van der Waals surface area contributed by atoms with Gasteiger partial charge in [-0.05, 0) is 72.3 Å². The Labute approximate surface area is 193 Å². The quantitative estimate of drug-likeness (QED) is 0.244. The van der Waals surface area contributed by atoms with E-state index in [1.807, 2.05) is 0 Å². The van der Waals surface area contributed by atoms with E-state index in [9.17, 15) is 14.0 Å². The van der Waals surface area contributed by atoms with Gasteiger partial charge in [0.1, 0.15) is 5.82 Å². The normalized spacial score (nSPS) is 10.8. The molecule has 148 valence electrons. The second kappa shape index (κ2) is 8.76. The van der Waals surface area contributed by atoms with Crippen LogP contribution in [-0.4, -0.2) is 11.6 Å². The molecular weight excluding hydrogens is 531 g/mol. The summed E-state index contributed by atoms with van der Waals surface area (Å²) in [5.41, 5.74) is 2.36. The van der Waals surface area contributed by atoms with Crippen molar-refractivity contribution in [2.24, 2.45) is 0 Å². The Hall–Kier alpha value is -2.41. The minimum atomic E-state index is -0.360. The van der Waals surface area contributed by atoms with Crippen LogP contribution in [0.5, 0.6) is 0 Å². The zero-order chi connectivity index (χ0) is 21.3. The number of carbonyl (C=O) groups is 2. The summed E-state index contributed by atoms with van der Waals surface area (Å²) in [6, 6.07) is 21.8. The molecule has 3 aromatic carbocycles. The summed E-state index contributed by atoms with van der Waals surface area (Å²) in [5.74, 6) is -0.701. The molecule has 0 aliphatic heterocycles. The zero-order valence-electron chi connectivity index (χ0n) is 15.4. The molecule has 0 saturated carbocycles. The summed E-state index contributed by atoms with van der Waals surface area (Å²) < 4.78 is 15.2. The van der Waals surface area contributed by atoms with Crippen molar-refractivity contribution in [1.29, 1.82) is 0 Å². The first kappa shape index (κ1) is 20.8.